The summed E-state index contributed by atoms with van der Waals surface area (Å²) in [6, 6.07) is 6.57. The molecule has 6 rings (SSSR count). The van der Waals surface area contributed by atoms with E-state index in [9.17, 15) is 4.79 Å². The van der Waals surface area contributed by atoms with Crippen molar-refractivity contribution >= 4 is 33.8 Å². The van der Waals surface area contributed by atoms with Gasteiger partial charge in [-0.05, 0) is 51.4 Å². The molecule has 5 heterocycles. The van der Waals surface area contributed by atoms with Crippen LogP contribution < -0.4 is 10.2 Å². The molecule has 35 heavy (non-hydrogen) atoms. The normalized spacial score (nSPS) is 18.9. The second-order valence-electron chi connectivity index (χ2n) is 9.75. The molecule has 4 aromatic heterocycles. The summed E-state index contributed by atoms with van der Waals surface area (Å²) in [4.78, 5) is 31.1. The number of anilines is 2. The van der Waals surface area contributed by atoms with Crippen molar-refractivity contribution in [2.75, 3.05) is 36.9 Å². The first-order valence-electron chi connectivity index (χ1n) is 12.4. The third-order valence-corrected chi connectivity index (χ3v) is 7.27. The number of carbonyl (C=O) groups is 1. The number of aromatic nitrogens is 5. The van der Waals surface area contributed by atoms with Crippen LogP contribution in [0, 0.1) is 5.92 Å². The molecule has 180 valence electrons. The Bertz CT molecular complexity index is 1430. The molecule has 0 radical (unpaired) electrons. The van der Waals surface area contributed by atoms with Crippen molar-refractivity contribution in [1.82, 2.24) is 29.5 Å². The SMILES string of the molecule is CCc1ncc(-c2nc3ccc(N4CCN(C)[C@H](C)C4)cn3n2)c2cc(NC(=O)C3CC3)ncc12. The lowest BCUT2D eigenvalue weighted by molar-refractivity contribution is -0.117. The lowest BCUT2D eigenvalue weighted by Crippen LogP contribution is -2.50. The number of pyridine rings is 3. The van der Waals surface area contributed by atoms with Gasteiger partial charge in [0, 0.05) is 66.0 Å². The summed E-state index contributed by atoms with van der Waals surface area (Å²) in [5, 5.41) is 9.70. The summed E-state index contributed by atoms with van der Waals surface area (Å²) in [6.07, 6.45) is 8.39. The van der Waals surface area contributed by atoms with Crippen LogP contribution in [0.5, 0.6) is 0 Å². The van der Waals surface area contributed by atoms with Gasteiger partial charge in [0.25, 0.3) is 0 Å². The van der Waals surface area contributed by atoms with E-state index in [2.05, 4.69) is 58.2 Å². The molecule has 0 unspecified atom stereocenters. The summed E-state index contributed by atoms with van der Waals surface area (Å²) in [7, 11) is 2.18. The van der Waals surface area contributed by atoms with Crippen LogP contribution in [0.1, 0.15) is 32.4 Å². The maximum absolute atomic E-state index is 12.3. The van der Waals surface area contributed by atoms with Crippen molar-refractivity contribution in [3.63, 3.8) is 0 Å². The molecule has 1 atom stereocenters. The number of nitrogens with zero attached hydrogens (tertiary/aromatic N) is 7. The molecular weight excluding hydrogens is 440 g/mol. The number of fused-ring (bicyclic) bond motifs is 2. The van der Waals surface area contributed by atoms with Crippen LogP contribution in [-0.2, 0) is 11.2 Å². The van der Waals surface area contributed by atoms with Crippen molar-refractivity contribution in [3.05, 3.63) is 42.5 Å². The van der Waals surface area contributed by atoms with Gasteiger partial charge in [0.2, 0.25) is 5.91 Å². The van der Waals surface area contributed by atoms with Crippen LogP contribution in [0.15, 0.2) is 36.8 Å². The van der Waals surface area contributed by atoms with Crippen LogP contribution in [0.2, 0.25) is 0 Å². The lowest BCUT2D eigenvalue weighted by atomic mass is 10.1. The van der Waals surface area contributed by atoms with E-state index < -0.39 is 0 Å². The van der Waals surface area contributed by atoms with Gasteiger partial charge in [0.05, 0.1) is 11.9 Å². The fourth-order valence-electron chi connectivity index (χ4n) is 4.75. The molecule has 1 saturated heterocycles. The Labute approximate surface area is 204 Å². The smallest absolute Gasteiger partial charge is 0.228 e. The Hall–Kier alpha value is -3.59. The van der Waals surface area contributed by atoms with Gasteiger partial charge in [-0.15, -0.1) is 5.10 Å². The minimum atomic E-state index is 0.0415. The molecule has 0 spiro atoms. The predicted molar refractivity (Wildman–Crippen MR) is 137 cm³/mol. The van der Waals surface area contributed by atoms with Crippen LogP contribution in [0.4, 0.5) is 11.5 Å². The second-order valence-corrected chi connectivity index (χ2v) is 9.75. The lowest BCUT2D eigenvalue weighted by Gasteiger charge is -2.38. The van der Waals surface area contributed by atoms with Gasteiger partial charge in [0.1, 0.15) is 5.82 Å². The van der Waals surface area contributed by atoms with E-state index in [0.29, 0.717) is 17.7 Å². The molecule has 2 fully saturated rings. The Morgan fingerprint density at radius 1 is 1.14 bits per heavy atom. The van der Waals surface area contributed by atoms with Gasteiger partial charge in [-0.25, -0.2) is 14.5 Å². The first kappa shape index (κ1) is 21.9. The average molecular weight is 471 g/mol. The monoisotopic (exact) mass is 470 g/mol. The number of carbonyl (C=O) groups excluding carboxylic acids is 1. The fraction of sp³-hybridized carbons (Fsp3) is 0.423. The molecule has 0 aromatic carbocycles. The Morgan fingerprint density at radius 3 is 2.77 bits per heavy atom. The highest BCUT2D eigenvalue weighted by Crippen LogP contribution is 2.32. The molecular formula is C26H30N8O. The van der Waals surface area contributed by atoms with Crippen LogP contribution in [-0.4, -0.2) is 68.1 Å². The van der Waals surface area contributed by atoms with Gasteiger partial charge in [-0.1, -0.05) is 6.92 Å². The van der Waals surface area contributed by atoms with E-state index in [0.717, 1.165) is 72.3 Å². The Kier molecular flexibility index (Phi) is 5.36. The van der Waals surface area contributed by atoms with Gasteiger partial charge < -0.3 is 15.1 Å². The molecule has 1 aliphatic heterocycles. The summed E-state index contributed by atoms with van der Waals surface area (Å²) in [5.74, 6) is 1.33. The number of hydrogen-bond donors (Lipinski definition) is 1. The third kappa shape index (κ3) is 4.10. The highest BCUT2D eigenvalue weighted by molar-refractivity contribution is 6.00. The van der Waals surface area contributed by atoms with Crippen LogP contribution in [0.25, 0.3) is 27.8 Å². The molecule has 0 bridgehead atoms. The minimum Gasteiger partial charge on any atom is -0.367 e. The van der Waals surface area contributed by atoms with Crippen LogP contribution in [0.3, 0.4) is 0 Å². The average Bonchev–Trinajstić information content (AvgIpc) is 3.64. The summed E-state index contributed by atoms with van der Waals surface area (Å²) >= 11 is 0. The molecule has 1 aliphatic carbocycles. The maximum atomic E-state index is 12.3. The first-order chi connectivity index (χ1) is 17.0. The topological polar surface area (TPSA) is 91.5 Å². The molecule has 4 aromatic rings. The number of hydrogen-bond acceptors (Lipinski definition) is 7. The van der Waals surface area contributed by atoms with Gasteiger partial charge >= 0.3 is 0 Å². The van der Waals surface area contributed by atoms with Gasteiger partial charge in [-0.3, -0.25) is 9.78 Å². The van der Waals surface area contributed by atoms with E-state index in [1.807, 2.05) is 22.8 Å². The standard InChI is InChI=1S/C26H30N8O/c1-4-22-20-12-28-23(29-26(35)17-5-6-17)11-19(20)21(13-27-22)25-30-24-8-7-18(15-34(24)31-25)33-10-9-32(3)16(2)14-33/h7-8,11-13,15-17H,4-6,9-10,14H2,1-3H3,(H,28,29,35)/t16-/m1/s1. The van der Waals surface area contributed by atoms with Crippen molar-refractivity contribution in [1.29, 1.82) is 0 Å². The molecule has 1 amide bonds. The molecule has 9 nitrogen and oxygen atoms in total. The quantitative estimate of drug-likeness (QED) is 0.478. The molecule has 2 aliphatic rings. The molecule has 1 saturated carbocycles. The zero-order chi connectivity index (χ0) is 24.1. The van der Waals surface area contributed by atoms with E-state index in [4.69, 9.17) is 10.1 Å². The molecule has 1 N–H and O–H groups in total. The fourth-order valence-corrected chi connectivity index (χ4v) is 4.75. The zero-order valence-electron chi connectivity index (χ0n) is 20.4. The number of likely N-dealkylation sites (N-methyl/N-ethyl adjacent to an activating group) is 1. The zero-order valence-corrected chi connectivity index (χ0v) is 20.4. The number of rotatable bonds is 5. The largest absolute Gasteiger partial charge is 0.367 e. The first-order valence-corrected chi connectivity index (χ1v) is 12.4. The maximum Gasteiger partial charge on any atom is 0.228 e. The van der Waals surface area contributed by atoms with Crippen molar-refractivity contribution in [2.24, 2.45) is 5.92 Å². The van der Waals surface area contributed by atoms with E-state index in [-0.39, 0.29) is 11.8 Å². The third-order valence-electron chi connectivity index (χ3n) is 7.27. The van der Waals surface area contributed by atoms with Crippen molar-refractivity contribution in [3.8, 4) is 11.4 Å². The van der Waals surface area contributed by atoms with Crippen molar-refractivity contribution < 1.29 is 4.79 Å². The van der Waals surface area contributed by atoms with Crippen molar-refractivity contribution in [2.45, 2.75) is 39.2 Å². The number of nitrogens with one attached hydrogen (secondary N) is 1. The predicted octanol–water partition coefficient (Wildman–Crippen LogP) is 3.39. The summed E-state index contributed by atoms with van der Waals surface area (Å²) in [6.45, 7) is 7.35. The number of aryl methyl sites for hydroxylation is 1. The highest BCUT2D eigenvalue weighted by atomic mass is 16.2. The van der Waals surface area contributed by atoms with E-state index in [1.165, 1.54) is 0 Å². The second kappa shape index (κ2) is 8.57. The Morgan fingerprint density at radius 2 is 2.00 bits per heavy atom. The number of piperazine rings is 1. The summed E-state index contributed by atoms with van der Waals surface area (Å²) in [5.41, 5.74) is 3.73. The molecule has 9 heteroatoms. The highest BCUT2D eigenvalue weighted by Gasteiger charge is 2.30. The van der Waals surface area contributed by atoms with Crippen LogP contribution >= 0.6 is 0 Å². The van der Waals surface area contributed by atoms with E-state index in [1.54, 1.807) is 6.20 Å². The Balaban J connectivity index is 1.38. The van der Waals surface area contributed by atoms with Gasteiger partial charge in [-0.2, -0.15) is 0 Å². The van der Waals surface area contributed by atoms with Gasteiger partial charge in [0.15, 0.2) is 11.5 Å². The number of amides is 1. The summed E-state index contributed by atoms with van der Waals surface area (Å²) < 4.78 is 1.85. The minimum absolute atomic E-state index is 0.0415. The van der Waals surface area contributed by atoms with E-state index >= 15 is 0 Å².